The highest BCUT2D eigenvalue weighted by atomic mass is 16.5. The fourth-order valence-electron chi connectivity index (χ4n) is 4.51. The van der Waals surface area contributed by atoms with Crippen LogP contribution < -0.4 is 4.74 Å². The first-order chi connectivity index (χ1) is 17.4. The fraction of sp³-hybridized carbons (Fsp3) is 0.370. The number of benzene rings is 2. The Labute approximate surface area is 209 Å². The number of aliphatic hydroxyl groups is 1. The summed E-state index contributed by atoms with van der Waals surface area (Å²) in [7, 11) is 1.30. The number of esters is 1. The minimum absolute atomic E-state index is 0.00134. The summed E-state index contributed by atoms with van der Waals surface area (Å²) >= 11 is 0. The van der Waals surface area contributed by atoms with Gasteiger partial charge in [0.2, 0.25) is 0 Å². The smallest absolute Gasteiger partial charge is 0.337 e. The number of carbonyl (C=O) groups is 3. The van der Waals surface area contributed by atoms with Gasteiger partial charge in [-0.2, -0.15) is 0 Å². The Balaban J connectivity index is 1.74. The summed E-state index contributed by atoms with van der Waals surface area (Å²) in [6.45, 7) is 5.88. The van der Waals surface area contributed by atoms with Crippen LogP contribution in [0.4, 0.5) is 0 Å². The summed E-state index contributed by atoms with van der Waals surface area (Å²) in [5.41, 5.74) is 1.33. The van der Waals surface area contributed by atoms with Crippen molar-refractivity contribution < 1.29 is 33.7 Å². The monoisotopic (exact) mass is 494 g/mol. The summed E-state index contributed by atoms with van der Waals surface area (Å²) in [5.74, 6) is -1.64. The lowest BCUT2D eigenvalue weighted by molar-refractivity contribution is -0.140. The molecular formula is C27H30N2O7. The van der Waals surface area contributed by atoms with Gasteiger partial charge in [-0.3, -0.25) is 14.5 Å². The Kier molecular flexibility index (Phi) is 8.02. The van der Waals surface area contributed by atoms with Gasteiger partial charge in [0.15, 0.2) is 0 Å². The maximum absolute atomic E-state index is 13.2. The van der Waals surface area contributed by atoms with Crippen LogP contribution in [0, 0.1) is 0 Å². The highest BCUT2D eigenvalue weighted by molar-refractivity contribution is 6.46. The van der Waals surface area contributed by atoms with Crippen LogP contribution in [0.15, 0.2) is 54.1 Å². The molecule has 190 valence electrons. The second-order valence-electron chi connectivity index (χ2n) is 8.52. The molecule has 9 nitrogen and oxygen atoms in total. The van der Waals surface area contributed by atoms with Crippen LogP contribution in [-0.4, -0.2) is 85.7 Å². The van der Waals surface area contributed by atoms with Crippen molar-refractivity contribution in [1.82, 2.24) is 9.80 Å². The van der Waals surface area contributed by atoms with E-state index >= 15 is 0 Å². The minimum Gasteiger partial charge on any atom is -0.507 e. The predicted octanol–water partition coefficient (Wildman–Crippen LogP) is 2.63. The lowest BCUT2D eigenvalue weighted by Gasteiger charge is -2.31. The zero-order valence-electron chi connectivity index (χ0n) is 20.4. The molecule has 1 atom stereocenters. The standard InChI is InChI=1S/C27H30N2O7/c1-3-36-21-6-4-5-20(17-21)24(30)22-23(18-7-9-19(10-8-18)27(33)34-2)29(26(32)25(22)31)12-11-28-13-15-35-16-14-28/h4-10,17,23,30H,3,11-16H2,1-2H3. The number of nitrogens with zero attached hydrogens (tertiary/aromatic N) is 2. The van der Waals surface area contributed by atoms with Gasteiger partial charge in [-0.1, -0.05) is 24.3 Å². The van der Waals surface area contributed by atoms with Crippen LogP contribution in [0.3, 0.4) is 0 Å². The topological polar surface area (TPSA) is 106 Å². The molecule has 1 N–H and O–H groups in total. The van der Waals surface area contributed by atoms with Crippen LogP contribution in [0.1, 0.15) is 34.5 Å². The Hall–Kier alpha value is -3.69. The van der Waals surface area contributed by atoms with E-state index in [1.165, 1.54) is 12.0 Å². The number of ketones is 1. The molecule has 0 saturated carbocycles. The van der Waals surface area contributed by atoms with Gasteiger partial charge in [-0.05, 0) is 36.8 Å². The number of amides is 1. The van der Waals surface area contributed by atoms with Gasteiger partial charge in [0.1, 0.15) is 11.5 Å². The van der Waals surface area contributed by atoms with E-state index in [0.717, 1.165) is 13.1 Å². The predicted molar refractivity (Wildman–Crippen MR) is 132 cm³/mol. The third kappa shape index (κ3) is 5.27. The molecular weight excluding hydrogens is 464 g/mol. The van der Waals surface area contributed by atoms with Crippen molar-refractivity contribution in [2.75, 3.05) is 53.1 Å². The van der Waals surface area contributed by atoms with Crippen LogP contribution in [0.25, 0.3) is 5.76 Å². The summed E-state index contributed by atoms with van der Waals surface area (Å²) in [6, 6.07) is 12.5. The largest absolute Gasteiger partial charge is 0.507 e. The molecule has 2 aromatic carbocycles. The molecule has 2 saturated heterocycles. The second kappa shape index (κ2) is 11.4. The Morgan fingerprint density at radius 3 is 2.44 bits per heavy atom. The molecule has 9 heteroatoms. The van der Waals surface area contributed by atoms with E-state index in [1.54, 1.807) is 48.5 Å². The maximum Gasteiger partial charge on any atom is 0.337 e. The van der Waals surface area contributed by atoms with Gasteiger partial charge in [0.05, 0.1) is 44.1 Å². The molecule has 0 aliphatic carbocycles. The number of aliphatic hydroxyl groups excluding tert-OH is 1. The first kappa shape index (κ1) is 25.4. The van der Waals surface area contributed by atoms with Gasteiger partial charge in [0, 0.05) is 31.7 Å². The third-order valence-electron chi connectivity index (χ3n) is 6.37. The molecule has 0 aromatic heterocycles. The van der Waals surface area contributed by atoms with Crippen molar-refractivity contribution >= 4 is 23.4 Å². The number of methoxy groups -OCH3 is 1. The van der Waals surface area contributed by atoms with E-state index in [-0.39, 0.29) is 11.3 Å². The minimum atomic E-state index is -0.812. The van der Waals surface area contributed by atoms with E-state index < -0.39 is 23.7 Å². The Morgan fingerprint density at radius 2 is 1.78 bits per heavy atom. The quantitative estimate of drug-likeness (QED) is 0.258. The molecule has 2 aliphatic heterocycles. The zero-order chi connectivity index (χ0) is 25.7. The number of morpholine rings is 1. The van der Waals surface area contributed by atoms with Crippen molar-refractivity contribution in [3.8, 4) is 5.75 Å². The molecule has 2 heterocycles. The number of Topliss-reactive ketones (excluding diaryl/α,β-unsaturated/α-hetero) is 1. The van der Waals surface area contributed by atoms with E-state index in [2.05, 4.69) is 4.90 Å². The van der Waals surface area contributed by atoms with E-state index in [0.29, 0.717) is 55.4 Å². The van der Waals surface area contributed by atoms with Gasteiger partial charge < -0.3 is 24.2 Å². The molecule has 1 unspecified atom stereocenters. The number of likely N-dealkylation sites (tertiary alicyclic amines) is 1. The van der Waals surface area contributed by atoms with Gasteiger partial charge in [0.25, 0.3) is 11.7 Å². The second-order valence-corrected chi connectivity index (χ2v) is 8.52. The van der Waals surface area contributed by atoms with E-state index in [9.17, 15) is 19.5 Å². The molecule has 2 aliphatic rings. The maximum atomic E-state index is 13.2. The van der Waals surface area contributed by atoms with E-state index in [4.69, 9.17) is 14.2 Å². The molecule has 4 rings (SSSR count). The lowest BCUT2D eigenvalue weighted by Crippen LogP contribution is -2.42. The summed E-state index contributed by atoms with van der Waals surface area (Å²) in [5, 5.41) is 11.3. The van der Waals surface area contributed by atoms with Crippen LogP contribution >= 0.6 is 0 Å². The molecule has 0 spiro atoms. The highest BCUT2D eigenvalue weighted by Gasteiger charge is 2.46. The highest BCUT2D eigenvalue weighted by Crippen LogP contribution is 2.39. The van der Waals surface area contributed by atoms with Crippen molar-refractivity contribution in [2.45, 2.75) is 13.0 Å². The normalized spacial score (nSPS) is 19.9. The van der Waals surface area contributed by atoms with Gasteiger partial charge in [-0.25, -0.2) is 4.79 Å². The lowest BCUT2D eigenvalue weighted by atomic mass is 9.94. The number of hydrogen-bond acceptors (Lipinski definition) is 8. The molecule has 0 bridgehead atoms. The van der Waals surface area contributed by atoms with Crippen molar-refractivity contribution in [3.05, 3.63) is 70.8 Å². The number of ether oxygens (including phenoxy) is 3. The molecule has 1 amide bonds. The molecule has 2 aromatic rings. The van der Waals surface area contributed by atoms with Crippen LogP contribution in [0.2, 0.25) is 0 Å². The zero-order valence-corrected chi connectivity index (χ0v) is 20.4. The number of hydrogen-bond donors (Lipinski definition) is 1. The van der Waals surface area contributed by atoms with Crippen molar-refractivity contribution in [1.29, 1.82) is 0 Å². The third-order valence-corrected chi connectivity index (χ3v) is 6.37. The Bertz CT molecular complexity index is 1150. The molecule has 36 heavy (non-hydrogen) atoms. The van der Waals surface area contributed by atoms with Crippen LogP contribution in [0.5, 0.6) is 5.75 Å². The van der Waals surface area contributed by atoms with Gasteiger partial charge in [-0.15, -0.1) is 0 Å². The summed E-state index contributed by atoms with van der Waals surface area (Å²) < 4.78 is 15.7. The average molecular weight is 495 g/mol. The van der Waals surface area contributed by atoms with Gasteiger partial charge >= 0.3 is 5.97 Å². The molecule has 0 radical (unpaired) electrons. The number of rotatable bonds is 8. The first-order valence-corrected chi connectivity index (χ1v) is 11.9. The molecule has 2 fully saturated rings. The number of carbonyl (C=O) groups excluding carboxylic acids is 3. The average Bonchev–Trinajstić information content (AvgIpc) is 3.17. The van der Waals surface area contributed by atoms with E-state index in [1.807, 2.05) is 6.92 Å². The summed E-state index contributed by atoms with van der Waals surface area (Å²) in [6.07, 6.45) is 0. The summed E-state index contributed by atoms with van der Waals surface area (Å²) in [4.78, 5) is 42.0. The van der Waals surface area contributed by atoms with Crippen LogP contribution in [-0.2, 0) is 19.1 Å². The fourth-order valence-corrected chi connectivity index (χ4v) is 4.51. The van der Waals surface area contributed by atoms with Crippen molar-refractivity contribution in [3.63, 3.8) is 0 Å². The SMILES string of the molecule is CCOc1cccc(C(O)=C2C(=O)C(=O)N(CCN3CCOCC3)C2c2ccc(C(=O)OC)cc2)c1. The van der Waals surface area contributed by atoms with Crippen molar-refractivity contribution in [2.24, 2.45) is 0 Å². The first-order valence-electron chi connectivity index (χ1n) is 11.9. The Morgan fingerprint density at radius 1 is 1.06 bits per heavy atom.